The highest BCUT2D eigenvalue weighted by Crippen LogP contribution is 2.50. The molecule has 3 atom stereocenters. The van der Waals surface area contributed by atoms with E-state index in [1.165, 1.54) is 12.0 Å². The van der Waals surface area contributed by atoms with Gasteiger partial charge < -0.3 is 14.2 Å². The van der Waals surface area contributed by atoms with Crippen LogP contribution in [0.1, 0.15) is 42.0 Å². The third kappa shape index (κ3) is 3.67. The second-order valence-corrected chi connectivity index (χ2v) is 8.70. The third-order valence-electron chi connectivity index (χ3n) is 6.06. The van der Waals surface area contributed by atoms with Crippen LogP contribution in [0.15, 0.2) is 52.0 Å². The number of Topliss-reactive ketones (excluding diaryl/α,β-unsaturated/α-hetero) is 1. The van der Waals surface area contributed by atoms with Crippen molar-refractivity contribution in [2.24, 2.45) is 10.9 Å². The quantitative estimate of drug-likeness (QED) is 0.641. The number of carbonyl (C=O) groups is 2. The Balaban J connectivity index is 1.89. The van der Waals surface area contributed by atoms with Crippen LogP contribution in [0.5, 0.6) is 11.5 Å². The molecule has 162 valence electrons. The second-order valence-electron chi connectivity index (χ2n) is 7.72. The molecule has 0 saturated heterocycles. The Labute approximate surface area is 185 Å². The van der Waals surface area contributed by atoms with Gasteiger partial charge >= 0.3 is 5.97 Å². The Kier molecular flexibility index (Phi) is 5.96. The molecule has 4 rings (SSSR count). The summed E-state index contributed by atoms with van der Waals surface area (Å²) >= 11 is 1.65. The lowest BCUT2D eigenvalue weighted by molar-refractivity contribution is -0.143. The summed E-state index contributed by atoms with van der Waals surface area (Å²) in [4.78, 5) is 32.3. The number of rotatable bonds is 5. The van der Waals surface area contributed by atoms with Crippen molar-refractivity contribution in [3.8, 4) is 11.5 Å². The van der Waals surface area contributed by atoms with Crippen molar-refractivity contribution in [3.63, 3.8) is 0 Å². The van der Waals surface area contributed by atoms with Gasteiger partial charge in [0.1, 0.15) is 5.92 Å². The topological polar surface area (TPSA) is 74.2 Å². The molecular formula is C24H25NO5S. The molecule has 1 aliphatic heterocycles. The van der Waals surface area contributed by atoms with Crippen molar-refractivity contribution in [1.82, 2.24) is 0 Å². The molecule has 2 aromatic rings. The minimum atomic E-state index is -0.702. The number of allylic oxidation sites excluding steroid dienone is 2. The van der Waals surface area contributed by atoms with E-state index in [1.807, 2.05) is 30.5 Å². The maximum atomic E-state index is 13.5. The lowest BCUT2D eigenvalue weighted by Crippen LogP contribution is -2.37. The summed E-state index contributed by atoms with van der Waals surface area (Å²) < 4.78 is 16.3. The molecule has 0 amide bonds. The fourth-order valence-corrected chi connectivity index (χ4v) is 5.54. The van der Waals surface area contributed by atoms with Crippen LogP contribution in [0.25, 0.3) is 0 Å². The number of hydrogen-bond acceptors (Lipinski definition) is 7. The van der Waals surface area contributed by atoms with E-state index in [0.29, 0.717) is 35.6 Å². The number of carbonyl (C=O) groups excluding carboxylic acids is 2. The number of para-hydroxylation sites is 1. The second kappa shape index (κ2) is 8.67. The van der Waals surface area contributed by atoms with Crippen molar-refractivity contribution in [3.05, 3.63) is 57.4 Å². The molecular weight excluding hydrogens is 414 g/mol. The van der Waals surface area contributed by atoms with Crippen LogP contribution in [0.3, 0.4) is 0 Å². The lowest BCUT2D eigenvalue weighted by atomic mass is 9.69. The van der Waals surface area contributed by atoms with Crippen LogP contribution in [-0.2, 0) is 14.3 Å². The van der Waals surface area contributed by atoms with Crippen molar-refractivity contribution >= 4 is 28.8 Å². The molecule has 2 heterocycles. The first-order valence-corrected chi connectivity index (χ1v) is 11.0. The van der Waals surface area contributed by atoms with Crippen LogP contribution in [-0.4, -0.2) is 38.8 Å². The van der Waals surface area contributed by atoms with Gasteiger partial charge in [0.05, 0.1) is 21.3 Å². The number of ether oxygens (including phenoxy) is 3. The molecule has 0 fully saturated rings. The van der Waals surface area contributed by atoms with E-state index in [2.05, 4.69) is 6.07 Å². The summed E-state index contributed by atoms with van der Waals surface area (Å²) in [6.45, 7) is 1.82. The standard InChI is InChI=1S/C24H25NO5S/c1-13-20(24(27)30-4)21(15-7-5-8-18(28-2)23(15)29-3)22-16(25-13)11-14(12-17(22)26)19-9-6-10-31-19/h5-10,14,20-21H,11-12H2,1-4H3/t14-,20?,21+/m0/s1. The van der Waals surface area contributed by atoms with E-state index in [-0.39, 0.29) is 11.7 Å². The first-order valence-electron chi connectivity index (χ1n) is 10.1. The van der Waals surface area contributed by atoms with Crippen LogP contribution in [0.4, 0.5) is 0 Å². The molecule has 0 saturated carbocycles. The summed E-state index contributed by atoms with van der Waals surface area (Å²) in [6.07, 6.45) is 1.06. The molecule has 31 heavy (non-hydrogen) atoms. The molecule has 0 bridgehead atoms. The average Bonchev–Trinajstić information content (AvgIpc) is 3.31. The van der Waals surface area contributed by atoms with Crippen molar-refractivity contribution in [2.45, 2.75) is 31.6 Å². The highest BCUT2D eigenvalue weighted by Gasteiger charge is 2.46. The molecule has 7 heteroatoms. The fourth-order valence-electron chi connectivity index (χ4n) is 4.71. The Morgan fingerprint density at radius 3 is 2.55 bits per heavy atom. The lowest BCUT2D eigenvalue weighted by Gasteiger charge is -2.36. The zero-order valence-corrected chi connectivity index (χ0v) is 18.8. The van der Waals surface area contributed by atoms with Gasteiger partial charge in [0.25, 0.3) is 0 Å². The van der Waals surface area contributed by atoms with Gasteiger partial charge in [0.2, 0.25) is 0 Å². The fraction of sp³-hybridized carbons (Fsp3) is 0.375. The number of hydrogen-bond donors (Lipinski definition) is 0. The predicted molar refractivity (Wildman–Crippen MR) is 119 cm³/mol. The summed E-state index contributed by atoms with van der Waals surface area (Å²) in [5, 5.41) is 2.02. The van der Waals surface area contributed by atoms with Gasteiger partial charge in [-0.1, -0.05) is 18.2 Å². The molecule has 0 spiro atoms. The number of ketones is 1. The third-order valence-corrected chi connectivity index (χ3v) is 7.09. The maximum absolute atomic E-state index is 13.5. The van der Waals surface area contributed by atoms with Gasteiger partial charge in [-0.15, -0.1) is 11.3 Å². The monoisotopic (exact) mass is 439 g/mol. The summed E-state index contributed by atoms with van der Waals surface area (Å²) in [7, 11) is 4.48. The Hall–Kier alpha value is -2.93. The molecule has 2 aliphatic rings. The highest BCUT2D eigenvalue weighted by atomic mass is 32.1. The number of esters is 1. The summed E-state index contributed by atoms with van der Waals surface area (Å²) in [5.41, 5.74) is 2.70. The highest BCUT2D eigenvalue weighted by molar-refractivity contribution is 7.10. The van der Waals surface area contributed by atoms with E-state index >= 15 is 0 Å². The number of thiophene rings is 1. The van der Waals surface area contributed by atoms with Crippen LogP contribution in [0, 0.1) is 5.92 Å². The minimum Gasteiger partial charge on any atom is -0.493 e. The first kappa shape index (κ1) is 21.3. The normalized spacial score (nSPS) is 23.2. The van der Waals surface area contributed by atoms with Gasteiger partial charge in [-0.25, -0.2) is 0 Å². The SMILES string of the molecule is COC(=O)C1C(C)=NC2=C(C(=O)C[C@@H](c3cccs3)C2)[C@@H]1c1cccc(OC)c1OC. The van der Waals surface area contributed by atoms with Gasteiger partial charge in [-0.05, 0) is 30.9 Å². The maximum Gasteiger partial charge on any atom is 0.315 e. The molecule has 0 N–H and O–H groups in total. The van der Waals surface area contributed by atoms with Crippen LogP contribution < -0.4 is 9.47 Å². The van der Waals surface area contributed by atoms with E-state index < -0.39 is 17.8 Å². The number of methoxy groups -OCH3 is 3. The van der Waals surface area contributed by atoms with E-state index in [1.54, 1.807) is 31.6 Å². The molecule has 1 unspecified atom stereocenters. The molecule has 1 aliphatic carbocycles. The smallest absolute Gasteiger partial charge is 0.315 e. The van der Waals surface area contributed by atoms with Gasteiger partial charge in [-0.2, -0.15) is 0 Å². The molecule has 6 nitrogen and oxygen atoms in total. The largest absolute Gasteiger partial charge is 0.493 e. The number of benzene rings is 1. The zero-order valence-electron chi connectivity index (χ0n) is 18.0. The Bertz CT molecular complexity index is 1070. The number of aliphatic imine (C=N–C) groups is 1. The van der Waals surface area contributed by atoms with E-state index in [9.17, 15) is 9.59 Å². The van der Waals surface area contributed by atoms with Crippen LogP contribution >= 0.6 is 11.3 Å². The molecule has 0 radical (unpaired) electrons. The predicted octanol–water partition coefficient (Wildman–Crippen LogP) is 4.51. The summed E-state index contributed by atoms with van der Waals surface area (Å²) in [5.74, 6) is -0.487. The molecule has 1 aromatic heterocycles. The van der Waals surface area contributed by atoms with Gasteiger partial charge in [0.15, 0.2) is 17.3 Å². The molecule has 1 aromatic carbocycles. The van der Waals surface area contributed by atoms with Crippen molar-refractivity contribution in [2.75, 3.05) is 21.3 Å². The van der Waals surface area contributed by atoms with Crippen LogP contribution in [0.2, 0.25) is 0 Å². The first-order chi connectivity index (χ1) is 15.0. The Morgan fingerprint density at radius 2 is 1.90 bits per heavy atom. The summed E-state index contributed by atoms with van der Waals surface area (Å²) in [6, 6.07) is 9.58. The van der Waals surface area contributed by atoms with Crippen molar-refractivity contribution < 1.29 is 23.8 Å². The average molecular weight is 440 g/mol. The van der Waals surface area contributed by atoms with E-state index in [0.717, 1.165) is 11.3 Å². The van der Waals surface area contributed by atoms with E-state index in [4.69, 9.17) is 19.2 Å². The van der Waals surface area contributed by atoms with Crippen molar-refractivity contribution in [1.29, 1.82) is 0 Å². The Morgan fingerprint density at radius 1 is 1.10 bits per heavy atom. The number of nitrogens with zero attached hydrogens (tertiary/aromatic N) is 1. The minimum absolute atomic E-state index is 0.0136. The zero-order chi connectivity index (χ0) is 22.1. The van der Waals surface area contributed by atoms with Gasteiger partial charge in [-0.3, -0.25) is 14.6 Å². The van der Waals surface area contributed by atoms with Gasteiger partial charge in [0, 0.05) is 45.7 Å².